The Bertz CT molecular complexity index is 1500. The molecule has 3 N–H and O–H groups in total. The molecule has 1 aromatic heterocycles. The lowest BCUT2D eigenvalue weighted by Crippen LogP contribution is -2.30. The third-order valence-corrected chi connectivity index (χ3v) is 7.07. The summed E-state index contributed by atoms with van der Waals surface area (Å²) in [6.45, 7) is 4.15. The van der Waals surface area contributed by atoms with Gasteiger partial charge in [0, 0.05) is 21.7 Å². The van der Waals surface area contributed by atoms with Gasteiger partial charge in [0.2, 0.25) is 11.0 Å². The lowest BCUT2D eigenvalue weighted by molar-refractivity contribution is -0.114. The first-order valence-corrected chi connectivity index (χ1v) is 14.2. The number of thioether (sulfide) groups is 1. The Morgan fingerprint density at radius 3 is 2.35 bits per heavy atom. The van der Waals surface area contributed by atoms with Gasteiger partial charge in [0.15, 0.2) is 0 Å². The summed E-state index contributed by atoms with van der Waals surface area (Å²) in [4.78, 5) is 39.3. The monoisotopic (exact) mass is 573 g/mol. The molecule has 40 heavy (non-hydrogen) atoms. The van der Waals surface area contributed by atoms with Crippen molar-refractivity contribution in [1.29, 1.82) is 0 Å². The molecule has 3 aromatic carbocycles. The summed E-state index contributed by atoms with van der Waals surface area (Å²) in [6, 6.07) is 23.0. The van der Waals surface area contributed by atoms with Crippen LogP contribution < -0.4 is 20.7 Å². The van der Waals surface area contributed by atoms with Gasteiger partial charge in [-0.25, -0.2) is 0 Å². The van der Waals surface area contributed by atoms with Crippen LogP contribution in [0.4, 0.5) is 10.8 Å². The van der Waals surface area contributed by atoms with E-state index < -0.39 is 11.8 Å². The van der Waals surface area contributed by atoms with Gasteiger partial charge in [0.05, 0.1) is 12.4 Å². The Morgan fingerprint density at radius 2 is 1.65 bits per heavy atom. The molecule has 0 aliphatic heterocycles. The minimum absolute atomic E-state index is 0.0584. The molecular weight excluding hydrogens is 546 g/mol. The van der Waals surface area contributed by atoms with Crippen molar-refractivity contribution in [2.75, 3.05) is 23.0 Å². The highest BCUT2D eigenvalue weighted by atomic mass is 32.2. The lowest BCUT2D eigenvalue weighted by atomic mass is 10.1. The minimum atomic E-state index is -0.497. The van der Waals surface area contributed by atoms with Gasteiger partial charge < -0.3 is 15.4 Å². The van der Waals surface area contributed by atoms with E-state index in [0.717, 1.165) is 9.90 Å². The molecule has 0 radical (unpaired) electrons. The maximum Gasteiger partial charge on any atom is 0.272 e. The Labute approximate surface area is 240 Å². The maximum atomic E-state index is 13.3. The Morgan fingerprint density at radius 1 is 0.925 bits per heavy atom. The number of amides is 3. The highest BCUT2D eigenvalue weighted by Gasteiger charge is 2.16. The van der Waals surface area contributed by atoms with E-state index in [9.17, 15) is 14.4 Å². The summed E-state index contributed by atoms with van der Waals surface area (Å²) >= 11 is 2.66. The van der Waals surface area contributed by atoms with Crippen LogP contribution in [-0.4, -0.2) is 40.3 Å². The molecule has 1 heterocycles. The van der Waals surface area contributed by atoms with Crippen LogP contribution in [-0.2, 0) is 9.59 Å². The second-order valence-electron chi connectivity index (χ2n) is 8.29. The molecule has 0 atom stereocenters. The number of anilines is 2. The molecule has 0 aliphatic rings. The predicted molar refractivity (Wildman–Crippen MR) is 159 cm³/mol. The Kier molecular flexibility index (Phi) is 10.0. The predicted octanol–water partition coefficient (Wildman–Crippen LogP) is 5.39. The molecule has 0 spiro atoms. The summed E-state index contributed by atoms with van der Waals surface area (Å²) in [7, 11) is 0. The zero-order valence-corrected chi connectivity index (χ0v) is 23.5. The molecule has 0 aliphatic carbocycles. The van der Waals surface area contributed by atoms with E-state index in [2.05, 4.69) is 26.1 Å². The molecule has 4 aromatic rings. The van der Waals surface area contributed by atoms with E-state index >= 15 is 0 Å². The Hall–Kier alpha value is -4.48. The minimum Gasteiger partial charge on any atom is -0.493 e. The molecule has 0 saturated heterocycles. The van der Waals surface area contributed by atoms with Crippen molar-refractivity contribution in [1.82, 2.24) is 15.5 Å². The summed E-state index contributed by atoms with van der Waals surface area (Å²) in [6.07, 6.45) is 1.59. The number of hydrogen-bond donors (Lipinski definition) is 3. The summed E-state index contributed by atoms with van der Waals surface area (Å²) in [5, 5.41) is 17.3. The zero-order valence-electron chi connectivity index (χ0n) is 21.8. The third-order valence-electron chi connectivity index (χ3n) is 5.30. The maximum absolute atomic E-state index is 13.3. The summed E-state index contributed by atoms with van der Waals surface area (Å²) in [5.41, 5.74) is 1.66. The fourth-order valence-electron chi connectivity index (χ4n) is 3.47. The molecule has 3 amide bonds. The number of rotatable bonds is 11. The fourth-order valence-corrected chi connectivity index (χ4v) is 4.78. The van der Waals surface area contributed by atoms with Crippen LogP contribution >= 0.6 is 23.1 Å². The van der Waals surface area contributed by atoms with Gasteiger partial charge in [-0.2, -0.15) is 0 Å². The number of ether oxygens (including phenoxy) is 1. The zero-order chi connectivity index (χ0) is 28.3. The number of carbonyl (C=O) groups excluding carboxylic acids is 3. The van der Waals surface area contributed by atoms with Gasteiger partial charge in [0.25, 0.3) is 11.8 Å². The van der Waals surface area contributed by atoms with Gasteiger partial charge in [0.1, 0.15) is 16.5 Å². The van der Waals surface area contributed by atoms with Crippen LogP contribution in [0.15, 0.2) is 89.5 Å². The first kappa shape index (κ1) is 28.5. The molecule has 0 bridgehead atoms. The molecule has 0 unspecified atom stereocenters. The highest BCUT2D eigenvalue weighted by Crippen LogP contribution is 2.23. The topological polar surface area (TPSA) is 122 Å². The number of nitrogens with one attached hydrogen (secondary N) is 3. The highest BCUT2D eigenvalue weighted by molar-refractivity contribution is 8.00. The third kappa shape index (κ3) is 8.26. The number of nitrogens with zero attached hydrogens (tertiary/aromatic N) is 2. The van der Waals surface area contributed by atoms with E-state index in [-0.39, 0.29) is 17.4 Å². The van der Waals surface area contributed by atoms with Gasteiger partial charge in [-0.1, -0.05) is 47.7 Å². The SMILES string of the molecule is CCOc1ccccc1/C=C(\NC(=O)c1ccccc1)C(=O)Nc1ccc(SCC(=O)Nc2nnc(C)s2)cc1. The summed E-state index contributed by atoms with van der Waals surface area (Å²) < 4.78 is 5.69. The number of hydrogen-bond acceptors (Lipinski definition) is 8. The molecule has 4 rings (SSSR count). The van der Waals surface area contributed by atoms with Crippen molar-refractivity contribution in [2.24, 2.45) is 0 Å². The number of para-hydroxylation sites is 1. The van der Waals surface area contributed by atoms with Crippen molar-refractivity contribution in [3.05, 3.63) is 101 Å². The van der Waals surface area contributed by atoms with Crippen molar-refractivity contribution in [3.63, 3.8) is 0 Å². The summed E-state index contributed by atoms with van der Waals surface area (Å²) in [5.74, 6) is -0.305. The smallest absolute Gasteiger partial charge is 0.272 e. The second-order valence-corrected chi connectivity index (χ2v) is 10.5. The number of aryl methyl sites for hydroxylation is 1. The van der Waals surface area contributed by atoms with Crippen LogP contribution in [0.3, 0.4) is 0 Å². The van der Waals surface area contributed by atoms with Gasteiger partial charge in [-0.3, -0.25) is 19.7 Å². The standard InChI is InChI=1S/C29H27N5O4S2/c1-3-38-25-12-8-7-11-21(25)17-24(31-27(36)20-9-5-4-6-10-20)28(37)30-22-13-15-23(16-14-22)39-18-26(35)32-29-34-33-19(2)40-29/h4-17H,3,18H2,1-2H3,(H,30,37)(H,31,36)(H,32,34,35)/b24-17-. The van der Waals surface area contributed by atoms with E-state index in [4.69, 9.17) is 4.74 Å². The average molecular weight is 574 g/mol. The molecule has 0 saturated carbocycles. The quantitative estimate of drug-likeness (QED) is 0.163. The lowest BCUT2D eigenvalue weighted by Gasteiger charge is -2.13. The van der Waals surface area contributed by atoms with Crippen molar-refractivity contribution in [3.8, 4) is 5.75 Å². The van der Waals surface area contributed by atoms with Gasteiger partial charge in [-0.15, -0.1) is 22.0 Å². The fraction of sp³-hybridized carbons (Fsp3) is 0.138. The molecule has 11 heteroatoms. The number of carbonyl (C=O) groups is 3. The molecule has 0 fully saturated rings. The van der Waals surface area contributed by atoms with Gasteiger partial charge in [-0.05, 0) is 62.4 Å². The second kappa shape index (κ2) is 14.1. The first-order chi connectivity index (χ1) is 19.4. The largest absolute Gasteiger partial charge is 0.493 e. The van der Waals surface area contributed by atoms with E-state index in [0.29, 0.717) is 34.3 Å². The molecule has 9 nitrogen and oxygen atoms in total. The van der Waals surface area contributed by atoms with Crippen LogP contribution in [0.1, 0.15) is 27.9 Å². The van der Waals surface area contributed by atoms with E-state index in [1.165, 1.54) is 23.1 Å². The number of aromatic nitrogens is 2. The average Bonchev–Trinajstić information content (AvgIpc) is 3.37. The van der Waals surface area contributed by atoms with Crippen LogP contribution in [0, 0.1) is 6.92 Å². The number of benzene rings is 3. The molecular formula is C29H27N5O4S2. The normalized spacial score (nSPS) is 11.0. The van der Waals surface area contributed by atoms with E-state index in [1.54, 1.807) is 66.7 Å². The van der Waals surface area contributed by atoms with E-state index in [1.807, 2.05) is 32.0 Å². The van der Waals surface area contributed by atoms with Crippen LogP contribution in [0.2, 0.25) is 0 Å². The Balaban J connectivity index is 1.45. The van der Waals surface area contributed by atoms with Crippen LogP contribution in [0.25, 0.3) is 6.08 Å². The van der Waals surface area contributed by atoms with Gasteiger partial charge >= 0.3 is 0 Å². The van der Waals surface area contributed by atoms with Crippen molar-refractivity contribution >= 4 is 57.7 Å². The molecule has 204 valence electrons. The van der Waals surface area contributed by atoms with Crippen molar-refractivity contribution < 1.29 is 19.1 Å². The van der Waals surface area contributed by atoms with Crippen LogP contribution in [0.5, 0.6) is 5.75 Å². The first-order valence-electron chi connectivity index (χ1n) is 12.4. The van der Waals surface area contributed by atoms with Crippen molar-refractivity contribution in [2.45, 2.75) is 18.7 Å².